The van der Waals surface area contributed by atoms with E-state index in [-0.39, 0.29) is 17.2 Å². The lowest BCUT2D eigenvalue weighted by molar-refractivity contribution is -0.385. The summed E-state index contributed by atoms with van der Waals surface area (Å²) in [5.41, 5.74) is 3.09. The molecule has 0 saturated heterocycles. The van der Waals surface area contributed by atoms with E-state index in [9.17, 15) is 14.9 Å². The van der Waals surface area contributed by atoms with E-state index >= 15 is 0 Å². The predicted octanol–water partition coefficient (Wildman–Crippen LogP) is 5.36. The molecule has 0 amide bonds. The quantitative estimate of drug-likeness (QED) is 0.164. The van der Waals surface area contributed by atoms with Gasteiger partial charge in [0.2, 0.25) is 0 Å². The van der Waals surface area contributed by atoms with Crippen LogP contribution in [0.3, 0.4) is 0 Å². The maximum Gasteiger partial charge on any atom is 0.311 e. The van der Waals surface area contributed by atoms with Crippen LogP contribution >= 0.6 is 11.3 Å². The number of carbonyl (C=O) groups is 1. The molecule has 3 aromatic heterocycles. The molecule has 0 aliphatic heterocycles. The Morgan fingerprint density at radius 1 is 1.28 bits per heavy atom. The zero-order chi connectivity index (χ0) is 22.2. The largest absolute Gasteiger partial charge is 0.490 e. The molecule has 0 saturated carbocycles. The number of aromatic amines is 1. The first-order valence-electron chi connectivity index (χ1n) is 9.63. The number of fused-ring (bicyclic) bond motifs is 2. The molecule has 0 fully saturated rings. The highest BCUT2D eigenvalue weighted by atomic mass is 32.1. The summed E-state index contributed by atoms with van der Waals surface area (Å²) in [6, 6.07) is 12.3. The third-order valence-corrected chi connectivity index (χ3v) is 5.95. The van der Waals surface area contributed by atoms with Crippen LogP contribution in [0.2, 0.25) is 0 Å². The molecule has 0 bridgehead atoms. The maximum atomic E-state index is 12.9. The lowest BCUT2D eigenvalue weighted by Crippen LogP contribution is -1.95. The number of nitro groups is 1. The minimum atomic E-state index is -0.489. The molecule has 2 aromatic carbocycles. The summed E-state index contributed by atoms with van der Waals surface area (Å²) in [5, 5.41) is 14.2. The Bertz CT molecular complexity index is 1530. The van der Waals surface area contributed by atoms with Gasteiger partial charge in [0.05, 0.1) is 23.4 Å². The number of nitro benzene ring substituents is 1. The number of hydrogen-bond acceptors (Lipinski definition) is 6. The zero-order valence-corrected chi connectivity index (χ0v) is 17.6. The highest BCUT2D eigenvalue weighted by Crippen LogP contribution is 2.34. The van der Waals surface area contributed by atoms with E-state index in [1.54, 1.807) is 24.4 Å². The van der Waals surface area contributed by atoms with Crippen molar-refractivity contribution in [2.45, 2.75) is 0 Å². The molecular formula is C23H16N4O4S. The van der Waals surface area contributed by atoms with Crippen molar-refractivity contribution < 1.29 is 14.5 Å². The van der Waals surface area contributed by atoms with Crippen molar-refractivity contribution in [3.63, 3.8) is 0 Å². The van der Waals surface area contributed by atoms with E-state index in [0.717, 1.165) is 15.9 Å². The summed E-state index contributed by atoms with van der Waals surface area (Å²) in [6.07, 6.45) is 6.74. The molecule has 0 spiro atoms. The fourth-order valence-corrected chi connectivity index (χ4v) is 4.40. The van der Waals surface area contributed by atoms with Crippen LogP contribution < -0.4 is 4.74 Å². The van der Waals surface area contributed by atoms with Gasteiger partial charge in [-0.2, -0.15) is 0 Å². The van der Waals surface area contributed by atoms with Crippen molar-refractivity contribution in [3.8, 4) is 17.0 Å². The van der Waals surface area contributed by atoms with Gasteiger partial charge in [0.1, 0.15) is 0 Å². The fourth-order valence-electron chi connectivity index (χ4n) is 3.67. The second-order valence-corrected chi connectivity index (χ2v) is 7.86. The lowest BCUT2D eigenvalue weighted by Gasteiger charge is -2.04. The minimum absolute atomic E-state index is 0.147. The summed E-state index contributed by atoms with van der Waals surface area (Å²) in [7, 11) is 1.39. The van der Waals surface area contributed by atoms with Crippen molar-refractivity contribution in [1.82, 2.24) is 14.4 Å². The third-order valence-electron chi connectivity index (χ3n) is 5.20. The molecule has 9 heteroatoms. The number of imidazole rings is 1. The number of carbonyl (C=O) groups excluding carboxylic acids is 1. The topological polar surface area (TPSA) is 103 Å². The Morgan fingerprint density at radius 3 is 2.94 bits per heavy atom. The summed E-state index contributed by atoms with van der Waals surface area (Å²) in [6.45, 7) is 0. The van der Waals surface area contributed by atoms with Crippen LogP contribution in [-0.2, 0) is 0 Å². The van der Waals surface area contributed by atoms with E-state index < -0.39 is 4.92 Å². The summed E-state index contributed by atoms with van der Waals surface area (Å²) >= 11 is 1.44. The van der Waals surface area contributed by atoms with Crippen LogP contribution in [0.25, 0.3) is 33.2 Å². The number of allylic oxidation sites excluding steroid dienone is 1. The molecule has 5 rings (SSSR count). The Hall–Kier alpha value is -4.24. The molecule has 5 aromatic rings. The molecule has 1 N–H and O–H groups in total. The van der Waals surface area contributed by atoms with Crippen LogP contribution in [0.1, 0.15) is 16.1 Å². The number of rotatable bonds is 6. The number of para-hydroxylation sites is 1. The standard InChI is InChI=1S/C23H16N4O4S/c1-31-21-9-6-14(12-19(21)27(29)30)22-18(26-10-11-32-23(26)25-22)7-8-20(28)16-13-24-17-5-3-2-4-15(16)17/h2-13,24H,1H3/b8-7+. The van der Waals surface area contributed by atoms with Crippen LogP contribution in [0.5, 0.6) is 5.75 Å². The molecule has 0 aliphatic rings. The first-order valence-corrected chi connectivity index (χ1v) is 10.5. The van der Waals surface area contributed by atoms with Gasteiger partial charge in [0.25, 0.3) is 0 Å². The zero-order valence-electron chi connectivity index (χ0n) is 16.8. The Kier molecular flexibility index (Phi) is 4.79. The van der Waals surface area contributed by atoms with Crippen LogP contribution in [0.15, 0.2) is 66.3 Å². The number of nitrogens with one attached hydrogen (secondary N) is 1. The fraction of sp³-hybridized carbons (Fsp3) is 0.0435. The highest BCUT2D eigenvalue weighted by molar-refractivity contribution is 7.15. The second kappa shape index (κ2) is 7.78. The number of ketones is 1. The van der Waals surface area contributed by atoms with Crippen molar-refractivity contribution in [3.05, 3.63) is 87.7 Å². The molecule has 3 heterocycles. The van der Waals surface area contributed by atoms with Crippen molar-refractivity contribution in [2.24, 2.45) is 0 Å². The van der Waals surface area contributed by atoms with Gasteiger partial charge in [-0.25, -0.2) is 4.98 Å². The third kappa shape index (κ3) is 3.25. The smallest absolute Gasteiger partial charge is 0.311 e. The van der Waals surface area contributed by atoms with Crippen LogP contribution in [0, 0.1) is 10.1 Å². The number of aromatic nitrogens is 3. The number of methoxy groups -OCH3 is 1. The normalized spacial score (nSPS) is 11.5. The number of nitrogens with zero attached hydrogens (tertiary/aromatic N) is 3. The Balaban J connectivity index is 1.59. The second-order valence-electron chi connectivity index (χ2n) is 6.99. The average Bonchev–Trinajstić information content (AvgIpc) is 3.51. The van der Waals surface area contributed by atoms with Gasteiger partial charge < -0.3 is 9.72 Å². The number of ether oxygens (including phenoxy) is 1. The van der Waals surface area contributed by atoms with E-state index in [0.29, 0.717) is 22.5 Å². The summed E-state index contributed by atoms with van der Waals surface area (Å²) in [4.78, 5) is 32.4. The van der Waals surface area contributed by atoms with Gasteiger partial charge in [-0.3, -0.25) is 19.3 Å². The molecule has 0 atom stereocenters. The first-order chi connectivity index (χ1) is 15.6. The van der Waals surface area contributed by atoms with E-state index in [2.05, 4.69) is 9.97 Å². The highest BCUT2D eigenvalue weighted by Gasteiger charge is 2.20. The number of benzene rings is 2. The van der Waals surface area contributed by atoms with E-state index in [4.69, 9.17) is 4.74 Å². The van der Waals surface area contributed by atoms with Gasteiger partial charge in [0.15, 0.2) is 16.5 Å². The average molecular weight is 444 g/mol. The predicted molar refractivity (Wildman–Crippen MR) is 123 cm³/mol. The molecule has 0 radical (unpaired) electrons. The number of thiazole rings is 1. The van der Waals surface area contributed by atoms with Gasteiger partial charge in [-0.15, -0.1) is 11.3 Å². The molecule has 8 nitrogen and oxygen atoms in total. The van der Waals surface area contributed by atoms with Gasteiger partial charge in [0, 0.05) is 45.9 Å². The molecule has 32 heavy (non-hydrogen) atoms. The first kappa shape index (κ1) is 19.7. The van der Waals surface area contributed by atoms with Crippen LogP contribution in [-0.4, -0.2) is 32.2 Å². The van der Waals surface area contributed by atoms with Gasteiger partial charge in [-0.1, -0.05) is 18.2 Å². The van der Waals surface area contributed by atoms with Crippen LogP contribution in [0.4, 0.5) is 5.69 Å². The minimum Gasteiger partial charge on any atom is -0.490 e. The number of H-pyrrole nitrogens is 1. The molecular weight excluding hydrogens is 428 g/mol. The number of hydrogen-bond donors (Lipinski definition) is 1. The van der Waals surface area contributed by atoms with Gasteiger partial charge >= 0.3 is 5.69 Å². The van der Waals surface area contributed by atoms with Crippen molar-refractivity contribution in [2.75, 3.05) is 7.11 Å². The van der Waals surface area contributed by atoms with E-state index in [1.807, 2.05) is 40.2 Å². The van der Waals surface area contributed by atoms with Crippen molar-refractivity contribution >= 4 is 44.7 Å². The lowest BCUT2D eigenvalue weighted by atomic mass is 10.1. The Labute approximate surface area is 185 Å². The van der Waals surface area contributed by atoms with Crippen molar-refractivity contribution in [1.29, 1.82) is 0 Å². The SMILES string of the molecule is COc1ccc(-c2nc3sccn3c2/C=C/C(=O)c2c[nH]c3ccccc23)cc1[N+](=O)[O-]. The summed E-state index contributed by atoms with van der Waals surface area (Å²) in [5.74, 6) is 0.0191. The maximum absolute atomic E-state index is 12.9. The molecule has 158 valence electrons. The Morgan fingerprint density at radius 2 is 2.12 bits per heavy atom. The van der Waals surface area contributed by atoms with Gasteiger partial charge in [-0.05, 0) is 30.4 Å². The summed E-state index contributed by atoms with van der Waals surface area (Å²) < 4.78 is 6.96. The molecule has 0 unspecified atom stereocenters. The van der Waals surface area contributed by atoms with E-state index in [1.165, 1.54) is 30.6 Å². The monoisotopic (exact) mass is 444 g/mol. The molecule has 0 aliphatic carbocycles.